The first-order chi connectivity index (χ1) is 16.5. The minimum atomic E-state index is -0.929. The average Bonchev–Trinajstić information content (AvgIpc) is 2.83. The number of halogens is 1. The van der Waals surface area contributed by atoms with Crippen LogP contribution in [0.5, 0.6) is 0 Å². The lowest BCUT2D eigenvalue weighted by molar-refractivity contribution is -0.138. The molecule has 0 bridgehead atoms. The summed E-state index contributed by atoms with van der Waals surface area (Å²) in [6.07, 6.45) is 5.85. The molecular formula is C26H33BrN4O3. The number of piperidine rings is 1. The van der Waals surface area contributed by atoms with Crippen molar-refractivity contribution in [2.24, 2.45) is 5.92 Å². The number of nitrogens with zero attached hydrogens (tertiary/aromatic N) is 2. The van der Waals surface area contributed by atoms with Crippen molar-refractivity contribution in [3.05, 3.63) is 57.7 Å². The van der Waals surface area contributed by atoms with E-state index in [0.717, 1.165) is 79.7 Å². The van der Waals surface area contributed by atoms with E-state index in [0.29, 0.717) is 6.54 Å². The van der Waals surface area contributed by atoms with Gasteiger partial charge >= 0.3 is 5.97 Å². The van der Waals surface area contributed by atoms with Crippen LogP contribution >= 0.6 is 15.9 Å². The normalized spacial score (nSPS) is 19.0. The van der Waals surface area contributed by atoms with Gasteiger partial charge in [-0.25, -0.2) is 4.98 Å². The highest BCUT2D eigenvalue weighted by Crippen LogP contribution is 2.24. The molecule has 2 aliphatic heterocycles. The molecular weight excluding hydrogens is 496 g/mol. The summed E-state index contributed by atoms with van der Waals surface area (Å²) in [4.78, 5) is 31.6. The lowest BCUT2D eigenvalue weighted by Crippen LogP contribution is -2.44. The van der Waals surface area contributed by atoms with Gasteiger partial charge < -0.3 is 20.6 Å². The Morgan fingerprint density at radius 1 is 1.26 bits per heavy atom. The maximum Gasteiger partial charge on any atom is 0.305 e. The summed E-state index contributed by atoms with van der Waals surface area (Å²) in [5, 5.41) is 15.8. The van der Waals surface area contributed by atoms with Crippen LogP contribution in [0.2, 0.25) is 0 Å². The van der Waals surface area contributed by atoms with E-state index in [1.807, 2.05) is 24.3 Å². The number of carboxylic acid groups (broad SMARTS) is 1. The molecule has 8 heteroatoms. The third-order valence-electron chi connectivity index (χ3n) is 6.68. The molecule has 2 aliphatic rings. The first-order valence-electron chi connectivity index (χ1n) is 12.2. The molecule has 0 radical (unpaired) electrons. The van der Waals surface area contributed by atoms with Crippen molar-refractivity contribution >= 4 is 33.6 Å². The number of benzene rings is 1. The first-order valence-corrected chi connectivity index (χ1v) is 13.0. The number of carbonyl (C=O) groups is 2. The van der Waals surface area contributed by atoms with Crippen LogP contribution in [-0.4, -0.2) is 53.0 Å². The van der Waals surface area contributed by atoms with Gasteiger partial charge in [-0.15, -0.1) is 0 Å². The van der Waals surface area contributed by atoms with Gasteiger partial charge in [0, 0.05) is 23.3 Å². The fraction of sp³-hybridized carbons (Fsp3) is 0.500. The van der Waals surface area contributed by atoms with Crippen LogP contribution in [0.15, 0.2) is 40.9 Å². The number of rotatable bonds is 9. The molecule has 2 unspecified atom stereocenters. The quantitative estimate of drug-likeness (QED) is 0.451. The van der Waals surface area contributed by atoms with Crippen LogP contribution in [0.1, 0.15) is 55.0 Å². The molecule has 1 saturated heterocycles. The molecule has 7 nitrogen and oxygen atoms in total. The smallest absolute Gasteiger partial charge is 0.305 e. The molecule has 3 N–H and O–H groups in total. The Labute approximate surface area is 209 Å². The third-order valence-corrected chi connectivity index (χ3v) is 7.17. The predicted octanol–water partition coefficient (Wildman–Crippen LogP) is 4.18. The highest BCUT2D eigenvalue weighted by Gasteiger charge is 2.28. The number of amides is 1. The van der Waals surface area contributed by atoms with Crippen LogP contribution in [-0.2, 0) is 22.4 Å². The van der Waals surface area contributed by atoms with Crippen molar-refractivity contribution in [2.45, 2.75) is 51.0 Å². The van der Waals surface area contributed by atoms with E-state index in [-0.39, 0.29) is 18.2 Å². The number of aryl methyl sites for hydroxylation is 2. The third kappa shape index (κ3) is 6.79. The van der Waals surface area contributed by atoms with Gasteiger partial charge in [0.15, 0.2) is 0 Å². The molecule has 4 rings (SSSR count). The van der Waals surface area contributed by atoms with E-state index in [1.54, 1.807) is 0 Å². The maximum atomic E-state index is 13.1. The summed E-state index contributed by atoms with van der Waals surface area (Å²) in [5.41, 5.74) is 3.22. The number of carbonyl (C=O) groups excluding carboxylic acids is 1. The lowest BCUT2D eigenvalue weighted by atomic mass is 9.95. The van der Waals surface area contributed by atoms with Crippen molar-refractivity contribution in [1.29, 1.82) is 0 Å². The van der Waals surface area contributed by atoms with E-state index >= 15 is 0 Å². The van der Waals surface area contributed by atoms with Gasteiger partial charge in [0.1, 0.15) is 5.82 Å². The molecule has 1 aromatic heterocycles. The largest absolute Gasteiger partial charge is 0.481 e. The first kappa shape index (κ1) is 24.7. The Morgan fingerprint density at radius 2 is 2.15 bits per heavy atom. The Bertz CT molecular complexity index is 1020. The molecule has 1 amide bonds. The van der Waals surface area contributed by atoms with Gasteiger partial charge in [-0.2, -0.15) is 0 Å². The molecule has 0 spiro atoms. The van der Waals surface area contributed by atoms with E-state index in [9.17, 15) is 14.7 Å². The number of pyridine rings is 1. The SMILES string of the molecule is O=C(O)CC(NC(=O)C1CCCN(CCCc2ccc3c(n2)NCCC3)C1)c1cccc(Br)c1. The second kappa shape index (κ2) is 11.8. The summed E-state index contributed by atoms with van der Waals surface area (Å²) < 4.78 is 0.864. The molecule has 182 valence electrons. The summed E-state index contributed by atoms with van der Waals surface area (Å²) in [7, 11) is 0. The van der Waals surface area contributed by atoms with Crippen molar-refractivity contribution < 1.29 is 14.7 Å². The summed E-state index contributed by atoms with van der Waals surface area (Å²) >= 11 is 3.43. The van der Waals surface area contributed by atoms with Crippen LogP contribution in [0.3, 0.4) is 0 Å². The minimum Gasteiger partial charge on any atom is -0.481 e. The second-order valence-electron chi connectivity index (χ2n) is 9.30. The van der Waals surface area contributed by atoms with Crippen LogP contribution in [0.25, 0.3) is 0 Å². The van der Waals surface area contributed by atoms with E-state index < -0.39 is 12.0 Å². The summed E-state index contributed by atoms with van der Waals surface area (Å²) in [5.74, 6) is -0.0667. The van der Waals surface area contributed by atoms with Gasteiger partial charge in [-0.05, 0) is 80.9 Å². The van der Waals surface area contributed by atoms with Crippen molar-refractivity contribution in [2.75, 3.05) is 31.5 Å². The Morgan fingerprint density at radius 3 is 2.97 bits per heavy atom. The number of nitrogens with one attached hydrogen (secondary N) is 2. The second-order valence-corrected chi connectivity index (χ2v) is 10.2. The topological polar surface area (TPSA) is 94.6 Å². The minimum absolute atomic E-state index is 0.0571. The van der Waals surface area contributed by atoms with Crippen LogP contribution in [0, 0.1) is 5.92 Å². The van der Waals surface area contributed by atoms with Crippen molar-refractivity contribution in [3.8, 4) is 0 Å². The van der Waals surface area contributed by atoms with Crippen LogP contribution in [0.4, 0.5) is 5.82 Å². The molecule has 0 aliphatic carbocycles. The van der Waals surface area contributed by atoms with Crippen LogP contribution < -0.4 is 10.6 Å². The van der Waals surface area contributed by atoms with Gasteiger partial charge in [0.25, 0.3) is 0 Å². The Kier molecular flexibility index (Phi) is 8.56. The molecule has 34 heavy (non-hydrogen) atoms. The summed E-state index contributed by atoms with van der Waals surface area (Å²) in [6.45, 7) is 3.63. The highest BCUT2D eigenvalue weighted by molar-refractivity contribution is 9.10. The average molecular weight is 529 g/mol. The molecule has 2 aromatic rings. The lowest BCUT2D eigenvalue weighted by Gasteiger charge is -2.33. The number of fused-ring (bicyclic) bond motifs is 1. The predicted molar refractivity (Wildman–Crippen MR) is 136 cm³/mol. The zero-order valence-corrected chi connectivity index (χ0v) is 21.0. The van der Waals surface area contributed by atoms with E-state index in [1.165, 1.54) is 5.56 Å². The van der Waals surface area contributed by atoms with Gasteiger partial charge in [-0.3, -0.25) is 9.59 Å². The molecule has 2 atom stereocenters. The van der Waals surface area contributed by atoms with Gasteiger partial charge in [-0.1, -0.05) is 34.1 Å². The maximum absolute atomic E-state index is 13.1. The van der Waals surface area contributed by atoms with Crippen molar-refractivity contribution in [1.82, 2.24) is 15.2 Å². The Balaban J connectivity index is 1.29. The number of anilines is 1. The standard InChI is InChI=1S/C26H33BrN4O3/c27-21-8-1-5-19(15-21)23(16-24(32)33)30-26(34)20-7-3-13-31(17-20)14-4-9-22-11-10-18-6-2-12-28-25(18)29-22/h1,5,8,10-11,15,20,23H,2-4,6-7,9,12-14,16-17H2,(H,28,29)(H,30,34)(H,32,33). The molecule has 3 heterocycles. The number of aromatic nitrogens is 1. The number of hydrogen-bond acceptors (Lipinski definition) is 5. The van der Waals surface area contributed by atoms with Gasteiger partial charge in [0.2, 0.25) is 5.91 Å². The van der Waals surface area contributed by atoms with Crippen molar-refractivity contribution in [3.63, 3.8) is 0 Å². The molecule has 1 aromatic carbocycles. The molecule has 0 saturated carbocycles. The number of likely N-dealkylation sites (tertiary alicyclic amines) is 1. The number of hydrogen-bond donors (Lipinski definition) is 3. The van der Waals surface area contributed by atoms with Gasteiger partial charge in [0.05, 0.1) is 18.4 Å². The van der Waals surface area contributed by atoms with E-state index in [4.69, 9.17) is 4.98 Å². The fourth-order valence-electron chi connectivity index (χ4n) is 4.90. The summed E-state index contributed by atoms with van der Waals surface area (Å²) in [6, 6.07) is 11.3. The fourth-order valence-corrected chi connectivity index (χ4v) is 5.32. The number of carboxylic acids is 1. The highest BCUT2D eigenvalue weighted by atomic mass is 79.9. The molecule has 1 fully saturated rings. The zero-order chi connectivity index (χ0) is 23.9. The Hall–Kier alpha value is -2.45. The zero-order valence-electron chi connectivity index (χ0n) is 19.4. The number of aliphatic carboxylic acids is 1. The van der Waals surface area contributed by atoms with E-state index in [2.05, 4.69) is 43.6 Å². The monoisotopic (exact) mass is 528 g/mol.